The predicted molar refractivity (Wildman–Crippen MR) is 99.7 cm³/mol. The zero-order chi connectivity index (χ0) is 15.6. The molecule has 126 valence electrons. The van der Waals surface area contributed by atoms with Crippen LogP contribution >= 0.6 is 9.30 Å². The topological polar surface area (TPSA) is 14.1 Å². The quantitative estimate of drug-likeness (QED) is 0.373. The molecule has 0 aromatic heterocycles. The third kappa shape index (κ3) is 7.08. The molecule has 21 heavy (non-hydrogen) atoms. The van der Waals surface area contributed by atoms with Gasteiger partial charge in [-0.25, -0.2) is 0 Å². The predicted octanol–water partition coefficient (Wildman–Crippen LogP) is 6.88. The van der Waals surface area contributed by atoms with Crippen molar-refractivity contribution < 1.29 is 19.4 Å². The Balaban J connectivity index is -0.000000774. The Labute approximate surface area is 152 Å². The molecule has 0 aromatic carbocycles. The van der Waals surface area contributed by atoms with Crippen molar-refractivity contribution in [3.8, 4) is 0 Å². The van der Waals surface area contributed by atoms with Crippen molar-refractivity contribution in [3.05, 3.63) is 19.8 Å². The van der Waals surface area contributed by atoms with Crippen LogP contribution in [0.25, 0.3) is 4.98 Å². The first-order chi connectivity index (χ1) is 8.47. The van der Waals surface area contributed by atoms with Crippen LogP contribution in [0.15, 0.2) is 0 Å². The molecule has 1 aliphatic rings. The van der Waals surface area contributed by atoms with Crippen LogP contribution in [0, 0.1) is 38.5 Å². The molecule has 1 rings (SSSR count). The Bertz CT molecular complexity index is 264. The first-order valence-electron chi connectivity index (χ1n) is 7.40. The van der Waals surface area contributed by atoms with Gasteiger partial charge in [0.1, 0.15) is 0 Å². The van der Waals surface area contributed by atoms with Gasteiger partial charge in [0.15, 0.2) is 0 Å². The Kier molecular flexibility index (Phi) is 13.0. The summed E-state index contributed by atoms with van der Waals surface area (Å²) in [6, 6.07) is 0. The number of rotatable bonds is 2. The van der Waals surface area contributed by atoms with Crippen molar-refractivity contribution >= 4 is 17.5 Å². The van der Waals surface area contributed by atoms with Gasteiger partial charge < -0.3 is 19.8 Å². The van der Waals surface area contributed by atoms with Crippen molar-refractivity contribution in [1.29, 1.82) is 0 Å². The van der Waals surface area contributed by atoms with Gasteiger partial charge in [-0.1, -0.05) is 75.3 Å². The van der Waals surface area contributed by atoms with E-state index in [1.165, 1.54) is 19.4 Å². The second-order valence-electron chi connectivity index (χ2n) is 7.90. The molecule has 4 atom stereocenters. The number of hydrogen-bond donors (Lipinski definition) is 0. The van der Waals surface area contributed by atoms with Crippen LogP contribution in [-0.4, -0.2) is 13.8 Å². The second kappa shape index (κ2) is 10.1. The summed E-state index contributed by atoms with van der Waals surface area (Å²) in [6.45, 7) is 21.5. The summed E-state index contributed by atoms with van der Waals surface area (Å²) in [4.78, 5) is 5.23. The fourth-order valence-electron chi connectivity index (χ4n) is 4.32. The minimum atomic E-state index is -1.49. The van der Waals surface area contributed by atoms with Crippen LogP contribution in [0.1, 0.15) is 48.5 Å². The summed E-state index contributed by atoms with van der Waals surface area (Å²) in [7, 11) is 3.15. The van der Waals surface area contributed by atoms with Crippen LogP contribution in [0.3, 0.4) is 0 Å². The maximum absolute atomic E-state index is 5.23. The van der Waals surface area contributed by atoms with Crippen molar-refractivity contribution in [2.75, 3.05) is 0 Å². The Morgan fingerprint density at radius 1 is 0.810 bits per heavy atom. The molecule has 0 aromatic rings. The molecule has 1 nitrogen and oxygen atoms in total. The normalized spacial score (nSPS) is 32.5. The Morgan fingerprint density at radius 2 is 1.10 bits per heavy atom. The Hall–Kier alpha value is 1.18. The summed E-state index contributed by atoms with van der Waals surface area (Å²) < 4.78 is 0. The van der Waals surface area contributed by atoms with Gasteiger partial charge in [-0.15, -0.1) is 5.54 Å². The van der Waals surface area contributed by atoms with Crippen LogP contribution in [0.4, 0.5) is 0 Å². The second-order valence-corrected chi connectivity index (χ2v) is 12.1. The average molecular weight is 368 g/mol. The van der Waals surface area contributed by atoms with Gasteiger partial charge in [-0.2, -0.15) is 0 Å². The van der Waals surface area contributed by atoms with E-state index in [1.807, 2.05) is 0 Å². The molecule has 4 unspecified atom stereocenters. The molecular formula is C17H38ClNSiTi. The van der Waals surface area contributed by atoms with Crippen molar-refractivity contribution in [2.45, 2.75) is 72.6 Å². The summed E-state index contributed by atoms with van der Waals surface area (Å²) in [6.07, 6.45) is 0. The van der Waals surface area contributed by atoms with Crippen LogP contribution in [0.2, 0.25) is 18.6 Å². The van der Waals surface area contributed by atoms with E-state index >= 15 is 0 Å². The summed E-state index contributed by atoms with van der Waals surface area (Å²) in [5.74, 6) is 3.40. The van der Waals surface area contributed by atoms with E-state index in [0.29, 0.717) is 0 Å². The van der Waals surface area contributed by atoms with E-state index in [0.717, 1.165) is 29.2 Å². The molecule has 0 N–H and O–H groups in total. The zero-order valence-electron chi connectivity index (χ0n) is 16.2. The van der Waals surface area contributed by atoms with Gasteiger partial charge in [0, 0.05) is 0 Å². The Morgan fingerprint density at radius 3 is 1.33 bits per heavy atom. The van der Waals surface area contributed by atoms with Gasteiger partial charge >= 0.3 is 28.7 Å². The van der Waals surface area contributed by atoms with Gasteiger partial charge in [0.25, 0.3) is 0 Å². The first-order valence-corrected chi connectivity index (χ1v) is 12.6. The molecule has 0 radical (unpaired) electrons. The molecule has 0 spiro atoms. The molecule has 1 aliphatic carbocycles. The first kappa shape index (κ1) is 27.0. The van der Waals surface area contributed by atoms with Crippen molar-refractivity contribution in [1.82, 2.24) is 0 Å². The molecule has 4 heteroatoms. The SMILES string of the molecule is CC1C(C)C(C)C([Si](C)(C)[N-]C(C)(C)C)C1C.[CH3-].[CH3-].[Cl][Ti+3]. The van der Waals surface area contributed by atoms with Gasteiger partial charge in [-0.05, 0) is 23.7 Å². The van der Waals surface area contributed by atoms with Crippen LogP contribution in [0.5, 0.6) is 0 Å². The molecule has 0 amide bonds. The summed E-state index contributed by atoms with van der Waals surface area (Å²) in [5, 5.41) is 0. The summed E-state index contributed by atoms with van der Waals surface area (Å²) >= 11 is 1.47. The monoisotopic (exact) mass is 367 g/mol. The molecule has 0 aliphatic heterocycles. The van der Waals surface area contributed by atoms with E-state index in [1.54, 1.807) is 0 Å². The van der Waals surface area contributed by atoms with E-state index < -0.39 is 8.24 Å². The van der Waals surface area contributed by atoms with E-state index in [4.69, 9.17) is 4.98 Å². The van der Waals surface area contributed by atoms with E-state index in [2.05, 4.69) is 70.9 Å². The van der Waals surface area contributed by atoms with Gasteiger partial charge in [-0.3, -0.25) is 0 Å². The minimum absolute atomic E-state index is 0. The van der Waals surface area contributed by atoms with Crippen LogP contribution < -0.4 is 0 Å². The summed E-state index contributed by atoms with van der Waals surface area (Å²) in [5.41, 5.74) is 0.983. The maximum atomic E-state index is 5.23. The number of hydrogen-bond acceptors (Lipinski definition) is 0. The van der Waals surface area contributed by atoms with Crippen LogP contribution in [-0.2, 0) is 19.4 Å². The molecular weight excluding hydrogens is 330 g/mol. The fraction of sp³-hybridized carbons (Fsp3) is 0.882. The molecule has 1 saturated carbocycles. The van der Waals surface area contributed by atoms with E-state index in [9.17, 15) is 0 Å². The standard InChI is InChI=1S/C15H32NSi.2CH3.ClH.Ti/c1-10-11(2)13(4)14(12(10)3)17(8,9)16-15(5,6)7;;;;/h10-14H,1-9H3;2*1H3;1H;/q3*-1;;+4/p-1. The van der Waals surface area contributed by atoms with Crippen molar-refractivity contribution in [2.24, 2.45) is 23.7 Å². The third-order valence-electron chi connectivity index (χ3n) is 5.06. The molecule has 0 saturated heterocycles. The van der Waals surface area contributed by atoms with Gasteiger partial charge in [0.05, 0.1) is 0 Å². The number of nitrogens with zero attached hydrogens (tertiary/aromatic N) is 1. The third-order valence-corrected chi connectivity index (χ3v) is 8.99. The fourth-order valence-corrected chi connectivity index (χ4v) is 9.37. The van der Waals surface area contributed by atoms with Crippen molar-refractivity contribution in [3.63, 3.8) is 0 Å². The average Bonchev–Trinajstić information content (AvgIpc) is 2.43. The molecule has 1 fully saturated rings. The molecule has 0 bridgehead atoms. The van der Waals surface area contributed by atoms with Gasteiger partial charge in [0.2, 0.25) is 0 Å². The number of halogens is 1. The molecule has 0 heterocycles. The van der Waals surface area contributed by atoms with E-state index in [-0.39, 0.29) is 20.4 Å². The zero-order valence-corrected chi connectivity index (χ0v) is 19.5.